The second kappa shape index (κ2) is 8.52. The quantitative estimate of drug-likeness (QED) is 0.640. The van der Waals surface area contributed by atoms with E-state index in [-0.39, 0.29) is 6.04 Å². The third-order valence-corrected chi connectivity index (χ3v) is 5.48. The molecule has 1 saturated heterocycles. The molecule has 1 aromatic heterocycles. The highest BCUT2D eigenvalue weighted by molar-refractivity contribution is 5.91. The van der Waals surface area contributed by atoms with Crippen molar-refractivity contribution in [3.05, 3.63) is 36.4 Å². The van der Waals surface area contributed by atoms with Crippen LogP contribution in [0.2, 0.25) is 0 Å². The fraction of sp³-hybridized carbons (Fsp3) is 0.364. The summed E-state index contributed by atoms with van der Waals surface area (Å²) in [6.45, 7) is 1.89. The Labute approximate surface area is 176 Å². The van der Waals surface area contributed by atoms with Gasteiger partial charge in [0.1, 0.15) is 11.6 Å². The van der Waals surface area contributed by atoms with Crippen molar-refractivity contribution in [2.24, 2.45) is 0 Å². The third-order valence-electron chi connectivity index (χ3n) is 5.48. The lowest BCUT2D eigenvalue weighted by Crippen LogP contribution is -2.39. The van der Waals surface area contributed by atoms with Crippen LogP contribution in [0, 0.1) is 0 Å². The van der Waals surface area contributed by atoms with Gasteiger partial charge in [-0.2, -0.15) is 4.98 Å². The molecule has 1 aliphatic rings. The molecular weight excluding hydrogens is 382 g/mol. The first-order valence-corrected chi connectivity index (χ1v) is 9.96. The van der Waals surface area contributed by atoms with Crippen molar-refractivity contribution in [2.45, 2.75) is 18.9 Å². The van der Waals surface area contributed by atoms with E-state index in [0.29, 0.717) is 23.3 Å². The van der Waals surface area contributed by atoms with Crippen LogP contribution < -0.4 is 30.2 Å². The third kappa shape index (κ3) is 3.98. The SMILES string of the molecule is COc1cccc(N2CCC(Nc3nc(N)c4cc(OC)c(OC)cc4n3)CC2)c1. The number of fused-ring (bicyclic) bond motifs is 1. The van der Waals surface area contributed by atoms with Crippen LogP contribution in [0.15, 0.2) is 36.4 Å². The summed E-state index contributed by atoms with van der Waals surface area (Å²) in [6, 6.07) is 12.1. The summed E-state index contributed by atoms with van der Waals surface area (Å²) >= 11 is 0. The summed E-state index contributed by atoms with van der Waals surface area (Å²) in [6.07, 6.45) is 1.95. The molecule has 0 atom stereocenters. The van der Waals surface area contributed by atoms with Crippen molar-refractivity contribution in [1.82, 2.24) is 9.97 Å². The number of nitrogens with one attached hydrogen (secondary N) is 1. The average molecular weight is 409 g/mol. The van der Waals surface area contributed by atoms with Crippen molar-refractivity contribution in [3.63, 3.8) is 0 Å². The molecule has 0 aliphatic carbocycles. The van der Waals surface area contributed by atoms with E-state index in [0.717, 1.165) is 42.6 Å². The number of hydrogen-bond donors (Lipinski definition) is 2. The number of nitrogens with two attached hydrogens (primary N) is 1. The number of nitrogen functional groups attached to an aromatic ring is 1. The number of ether oxygens (including phenoxy) is 3. The summed E-state index contributed by atoms with van der Waals surface area (Å²) < 4.78 is 16.1. The largest absolute Gasteiger partial charge is 0.497 e. The van der Waals surface area contributed by atoms with Gasteiger partial charge in [-0.25, -0.2) is 4.98 Å². The van der Waals surface area contributed by atoms with E-state index in [4.69, 9.17) is 19.9 Å². The van der Waals surface area contributed by atoms with Crippen LogP contribution in [-0.2, 0) is 0 Å². The van der Waals surface area contributed by atoms with Gasteiger partial charge >= 0.3 is 0 Å². The van der Waals surface area contributed by atoms with Gasteiger partial charge in [-0.15, -0.1) is 0 Å². The zero-order valence-electron chi connectivity index (χ0n) is 17.5. The van der Waals surface area contributed by atoms with Crippen molar-refractivity contribution < 1.29 is 14.2 Å². The number of nitrogens with zero attached hydrogens (tertiary/aromatic N) is 3. The Hall–Kier alpha value is -3.42. The molecule has 2 aromatic carbocycles. The van der Waals surface area contributed by atoms with E-state index in [2.05, 4.69) is 32.3 Å². The minimum atomic E-state index is 0.281. The number of benzene rings is 2. The van der Waals surface area contributed by atoms with Crippen molar-refractivity contribution in [2.75, 3.05) is 50.4 Å². The summed E-state index contributed by atoms with van der Waals surface area (Å²) in [7, 11) is 4.88. The van der Waals surface area contributed by atoms with Crippen LogP contribution in [0.3, 0.4) is 0 Å². The Morgan fingerprint density at radius 2 is 1.70 bits per heavy atom. The summed E-state index contributed by atoms with van der Waals surface area (Å²) in [4.78, 5) is 11.5. The molecule has 0 spiro atoms. The second-order valence-electron chi connectivity index (χ2n) is 7.26. The maximum atomic E-state index is 6.20. The molecule has 0 unspecified atom stereocenters. The first-order valence-electron chi connectivity index (χ1n) is 9.96. The Morgan fingerprint density at radius 3 is 2.40 bits per heavy atom. The molecule has 0 bridgehead atoms. The zero-order valence-corrected chi connectivity index (χ0v) is 17.5. The fourth-order valence-electron chi connectivity index (χ4n) is 3.82. The van der Waals surface area contributed by atoms with Crippen LogP contribution in [0.5, 0.6) is 17.2 Å². The van der Waals surface area contributed by atoms with Gasteiger partial charge in [0.15, 0.2) is 11.5 Å². The summed E-state index contributed by atoms with van der Waals surface area (Å²) in [5.74, 6) is 3.04. The first-order chi connectivity index (χ1) is 14.6. The summed E-state index contributed by atoms with van der Waals surface area (Å²) in [5.41, 5.74) is 8.09. The normalized spacial score (nSPS) is 14.6. The molecule has 3 N–H and O–H groups in total. The van der Waals surface area contributed by atoms with E-state index in [1.54, 1.807) is 27.4 Å². The highest BCUT2D eigenvalue weighted by Gasteiger charge is 2.21. The van der Waals surface area contributed by atoms with Crippen LogP contribution in [-0.4, -0.2) is 50.4 Å². The molecule has 2 heterocycles. The van der Waals surface area contributed by atoms with Crippen LogP contribution in [0.25, 0.3) is 10.9 Å². The minimum absolute atomic E-state index is 0.281. The van der Waals surface area contributed by atoms with Gasteiger partial charge in [-0.05, 0) is 31.0 Å². The van der Waals surface area contributed by atoms with Crippen molar-refractivity contribution >= 4 is 28.4 Å². The van der Waals surface area contributed by atoms with E-state index in [9.17, 15) is 0 Å². The first kappa shape index (κ1) is 19.9. The fourth-order valence-corrected chi connectivity index (χ4v) is 3.82. The molecule has 0 radical (unpaired) electrons. The van der Waals surface area contributed by atoms with E-state index >= 15 is 0 Å². The van der Waals surface area contributed by atoms with Crippen molar-refractivity contribution in [1.29, 1.82) is 0 Å². The van der Waals surface area contributed by atoms with Crippen LogP contribution >= 0.6 is 0 Å². The maximum Gasteiger partial charge on any atom is 0.225 e. The predicted molar refractivity (Wildman–Crippen MR) is 119 cm³/mol. The van der Waals surface area contributed by atoms with Gasteiger partial charge < -0.3 is 30.2 Å². The molecule has 3 aromatic rings. The van der Waals surface area contributed by atoms with Gasteiger partial charge in [0.2, 0.25) is 5.95 Å². The number of aromatic nitrogens is 2. The molecule has 1 fully saturated rings. The average Bonchev–Trinajstić information content (AvgIpc) is 2.78. The van der Waals surface area contributed by atoms with Gasteiger partial charge in [0.25, 0.3) is 0 Å². The molecule has 1 aliphatic heterocycles. The molecule has 158 valence electrons. The highest BCUT2D eigenvalue weighted by atomic mass is 16.5. The van der Waals surface area contributed by atoms with Gasteiger partial charge in [0.05, 0.1) is 26.8 Å². The molecule has 4 rings (SSSR count). The predicted octanol–water partition coefficient (Wildman–Crippen LogP) is 3.32. The molecule has 0 saturated carbocycles. The minimum Gasteiger partial charge on any atom is -0.497 e. The number of rotatable bonds is 6. The van der Waals surface area contributed by atoms with Gasteiger partial charge in [-0.3, -0.25) is 0 Å². The molecule has 0 amide bonds. The Kier molecular flexibility index (Phi) is 5.65. The second-order valence-corrected chi connectivity index (χ2v) is 7.26. The lowest BCUT2D eigenvalue weighted by Gasteiger charge is -2.34. The van der Waals surface area contributed by atoms with Crippen molar-refractivity contribution in [3.8, 4) is 17.2 Å². The van der Waals surface area contributed by atoms with Crippen LogP contribution in [0.4, 0.5) is 17.5 Å². The number of piperidine rings is 1. The number of anilines is 3. The topological polar surface area (TPSA) is 94.8 Å². The van der Waals surface area contributed by atoms with E-state index in [1.807, 2.05) is 18.2 Å². The Bertz CT molecular complexity index is 1030. The van der Waals surface area contributed by atoms with Gasteiger partial charge in [0, 0.05) is 42.3 Å². The lowest BCUT2D eigenvalue weighted by atomic mass is 10.0. The molecule has 8 heteroatoms. The highest BCUT2D eigenvalue weighted by Crippen LogP contribution is 2.34. The van der Waals surface area contributed by atoms with E-state index < -0.39 is 0 Å². The number of hydrogen-bond acceptors (Lipinski definition) is 8. The maximum absolute atomic E-state index is 6.20. The van der Waals surface area contributed by atoms with Crippen LogP contribution in [0.1, 0.15) is 12.8 Å². The summed E-state index contributed by atoms with van der Waals surface area (Å²) in [5, 5.41) is 4.19. The molecular formula is C22H27N5O3. The smallest absolute Gasteiger partial charge is 0.225 e. The molecule has 8 nitrogen and oxygen atoms in total. The van der Waals surface area contributed by atoms with E-state index in [1.165, 1.54) is 5.69 Å². The monoisotopic (exact) mass is 409 g/mol. The van der Waals surface area contributed by atoms with Gasteiger partial charge in [-0.1, -0.05) is 6.07 Å². The number of methoxy groups -OCH3 is 3. The zero-order chi connectivity index (χ0) is 21.1. The standard InChI is InChI=1S/C22H27N5O3/c1-28-16-6-4-5-15(11-16)27-9-7-14(8-10-27)24-22-25-18-13-20(30-3)19(29-2)12-17(18)21(23)26-22/h4-6,11-14H,7-10H2,1-3H3,(H3,23,24,25,26). The molecule has 30 heavy (non-hydrogen) atoms. The Morgan fingerprint density at radius 1 is 0.967 bits per heavy atom. The lowest BCUT2D eigenvalue weighted by molar-refractivity contribution is 0.356. The Balaban J connectivity index is 1.47.